The maximum atomic E-state index is 12.9. The van der Waals surface area contributed by atoms with Gasteiger partial charge in [0.05, 0.1) is 26.4 Å². The maximum Gasteiger partial charge on any atom is 0.472 e. The second-order valence-electron chi connectivity index (χ2n) is 22.7. The lowest BCUT2D eigenvalue weighted by molar-refractivity contribution is -0.161. The molecule has 5 atom stereocenters. The first-order valence-corrected chi connectivity index (χ1v) is 34.5. The third-order valence-electron chi connectivity index (χ3n) is 13.7. The molecule has 0 fully saturated rings. The topological polar surface area (TPSA) is 237 Å². The lowest BCUT2D eigenvalue weighted by Crippen LogP contribution is -2.30. The van der Waals surface area contributed by atoms with Gasteiger partial charge in [-0.3, -0.25) is 37.3 Å². The van der Waals surface area contributed by atoms with Crippen molar-refractivity contribution in [2.75, 3.05) is 39.6 Å². The highest BCUT2D eigenvalue weighted by Gasteiger charge is 2.30. The van der Waals surface area contributed by atoms with E-state index in [4.69, 9.17) is 37.0 Å². The molecule has 0 aliphatic heterocycles. The minimum atomic E-state index is -4.94. The number of phosphoric ester groups is 2. The Balaban J connectivity index is 5.18. The minimum absolute atomic E-state index is 0.104. The molecule has 0 aromatic rings. The number of rotatable bonds is 59. The average Bonchev–Trinajstić information content (AvgIpc) is 3.40. The number of unbranched alkanes of at least 4 members (excludes halogenated alkanes) is 29. The summed E-state index contributed by atoms with van der Waals surface area (Å²) in [5, 5.41) is 10.5. The first-order chi connectivity index (χ1) is 37.9. The van der Waals surface area contributed by atoms with Gasteiger partial charge in [0.25, 0.3) is 0 Å². The molecule has 468 valence electrons. The van der Waals surface area contributed by atoms with Crippen LogP contribution in [-0.4, -0.2) is 96.7 Å². The van der Waals surface area contributed by atoms with Crippen molar-refractivity contribution in [3.63, 3.8) is 0 Å². The summed E-state index contributed by atoms with van der Waals surface area (Å²) in [6.07, 6.45) is 33.8. The van der Waals surface area contributed by atoms with Gasteiger partial charge in [-0.2, -0.15) is 0 Å². The van der Waals surface area contributed by atoms with Gasteiger partial charge in [-0.15, -0.1) is 0 Å². The number of hydrogen-bond acceptors (Lipinski definition) is 15. The predicted octanol–water partition coefficient (Wildman–Crippen LogP) is 16.1. The largest absolute Gasteiger partial charge is 0.472 e. The van der Waals surface area contributed by atoms with Crippen LogP contribution in [0, 0.1) is 11.8 Å². The Morgan fingerprint density at radius 1 is 0.342 bits per heavy atom. The van der Waals surface area contributed by atoms with Crippen LogP contribution < -0.4 is 0 Å². The molecule has 0 aliphatic rings. The number of aliphatic hydroxyl groups excluding tert-OH is 1. The van der Waals surface area contributed by atoms with E-state index in [2.05, 4.69) is 41.5 Å². The molecule has 0 aliphatic carbocycles. The molecule has 0 aromatic carbocycles. The van der Waals surface area contributed by atoms with Gasteiger partial charge in [-0.25, -0.2) is 9.13 Å². The SMILES string of the molecule is CCCCCCCCCCCC(=O)O[C@H](COC(=O)CCCCCCC)COP(=O)(O)OC[C@H](O)COP(=O)(O)OC[C@@H](COC(=O)CCCCCCCCCCC(C)C)OC(=O)CCCCCCCCCCCCCC(C)C. The molecule has 0 aromatic heterocycles. The first-order valence-electron chi connectivity index (χ1n) is 31.5. The Morgan fingerprint density at radius 2 is 0.582 bits per heavy atom. The second-order valence-corrected chi connectivity index (χ2v) is 25.6. The van der Waals surface area contributed by atoms with Gasteiger partial charge in [0.2, 0.25) is 0 Å². The van der Waals surface area contributed by atoms with E-state index < -0.39 is 97.5 Å². The van der Waals surface area contributed by atoms with E-state index in [1.165, 1.54) is 103 Å². The van der Waals surface area contributed by atoms with Crippen molar-refractivity contribution >= 4 is 39.5 Å². The van der Waals surface area contributed by atoms with Gasteiger partial charge >= 0.3 is 39.5 Å². The standard InChI is InChI=1S/C60H116O17P2/c1-7-9-11-13-14-18-26-32-38-44-59(64)76-55(48-70-57(62)42-36-28-12-10-8-2)50-74-78(66,67)72-46-54(61)47-73-79(68,69)75-51-56(49-71-58(63)43-37-31-25-22-21-24-30-35-41-53(5)6)77-60(65)45-39-33-27-20-17-15-16-19-23-29-34-40-52(3)4/h52-56,61H,7-51H2,1-6H3,(H,66,67)(H,68,69)/t54-,55+,56+/m0/s1. The van der Waals surface area contributed by atoms with Crippen LogP contribution in [0.3, 0.4) is 0 Å². The fourth-order valence-electron chi connectivity index (χ4n) is 8.82. The number of carbonyl (C=O) groups is 4. The molecule has 0 amide bonds. The van der Waals surface area contributed by atoms with Crippen molar-refractivity contribution in [1.82, 2.24) is 0 Å². The van der Waals surface area contributed by atoms with Gasteiger partial charge in [0.1, 0.15) is 19.3 Å². The van der Waals surface area contributed by atoms with E-state index in [1.54, 1.807) is 0 Å². The minimum Gasteiger partial charge on any atom is -0.462 e. The Morgan fingerprint density at radius 3 is 0.861 bits per heavy atom. The molecule has 0 bridgehead atoms. The second kappa shape index (κ2) is 52.8. The Hall–Kier alpha value is -1.94. The molecular formula is C60H116O17P2. The maximum absolute atomic E-state index is 12.9. The molecule has 2 unspecified atom stereocenters. The van der Waals surface area contributed by atoms with Crippen molar-refractivity contribution in [1.29, 1.82) is 0 Å². The number of carbonyl (C=O) groups excluding carboxylic acids is 4. The summed E-state index contributed by atoms with van der Waals surface area (Å²) in [4.78, 5) is 71.7. The molecule has 0 heterocycles. The number of esters is 4. The van der Waals surface area contributed by atoms with Crippen LogP contribution >= 0.6 is 15.6 Å². The van der Waals surface area contributed by atoms with Gasteiger partial charge in [-0.1, -0.05) is 241 Å². The van der Waals surface area contributed by atoms with Crippen LogP contribution in [0.2, 0.25) is 0 Å². The first kappa shape index (κ1) is 77.1. The number of hydrogen-bond donors (Lipinski definition) is 3. The smallest absolute Gasteiger partial charge is 0.462 e. The van der Waals surface area contributed by atoms with Crippen molar-refractivity contribution in [2.45, 2.75) is 310 Å². The third-order valence-corrected chi connectivity index (χ3v) is 15.6. The van der Waals surface area contributed by atoms with Gasteiger partial charge < -0.3 is 33.8 Å². The quantitative estimate of drug-likeness (QED) is 0.0222. The summed E-state index contributed by atoms with van der Waals surface area (Å²) in [6.45, 7) is 9.32. The lowest BCUT2D eigenvalue weighted by Gasteiger charge is -2.21. The Labute approximate surface area is 479 Å². The molecule has 79 heavy (non-hydrogen) atoms. The highest BCUT2D eigenvalue weighted by Crippen LogP contribution is 2.45. The third kappa shape index (κ3) is 55.0. The predicted molar refractivity (Wildman–Crippen MR) is 312 cm³/mol. The summed E-state index contributed by atoms with van der Waals surface area (Å²) in [7, 11) is -9.87. The van der Waals surface area contributed by atoms with E-state index in [-0.39, 0.29) is 25.7 Å². The van der Waals surface area contributed by atoms with Gasteiger partial charge in [0.15, 0.2) is 12.2 Å². The fourth-order valence-corrected chi connectivity index (χ4v) is 10.4. The molecule has 0 saturated carbocycles. The zero-order chi connectivity index (χ0) is 58.7. The van der Waals surface area contributed by atoms with Gasteiger partial charge in [-0.05, 0) is 37.5 Å². The number of ether oxygens (including phenoxy) is 4. The number of phosphoric acid groups is 2. The Kier molecular flexibility index (Phi) is 51.5. The van der Waals surface area contributed by atoms with Crippen LogP contribution in [0.4, 0.5) is 0 Å². The highest BCUT2D eigenvalue weighted by molar-refractivity contribution is 7.47. The van der Waals surface area contributed by atoms with E-state index in [0.717, 1.165) is 108 Å². The van der Waals surface area contributed by atoms with Gasteiger partial charge in [0, 0.05) is 25.7 Å². The normalized spacial score (nSPS) is 14.4. The molecular weight excluding hydrogens is 1050 g/mol. The zero-order valence-corrected chi connectivity index (χ0v) is 52.4. The monoisotopic (exact) mass is 1170 g/mol. The van der Waals surface area contributed by atoms with Crippen molar-refractivity contribution < 1.29 is 80.2 Å². The van der Waals surface area contributed by atoms with Crippen molar-refractivity contribution in [3.05, 3.63) is 0 Å². The molecule has 0 saturated heterocycles. The van der Waals surface area contributed by atoms with E-state index in [1.807, 2.05) is 0 Å². The molecule has 17 nitrogen and oxygen atoms in total. The highest BCUT2D eigenvalue weighted by atomic mass is 31.2. The fraction of sp³-hybridized carbons (Fsp3) is 0.933. The van der Waals surface area contributed by atoms with Crippen LogP contribution in [0.25, 0.3) is 0 Å². The molecule has 19 heteroatoms. The Bertz CT molecular complexity index is 1560. The molecule has 0 radical (unpaired) electrons. The summed E-state index contributed by atoms with van der Waals surface area (Å²) in [5.74, 6) is -0.660. The molecule has 3 N–H and O–H groups in total. The summed E-state index contributed by atoms with van der Waals surface area (Å²) in [6, 6.07) is 0. The molecule has 0 spiro atoms. The zero-order valence-electron chi connectivity index (χ0n) is 50.7. The van der Waals surface area contributed by atoms with Crippen LogP contribution in [0.5, 0.6) is 0 Å². The van der Waals surface area contributed by atoms with Crippen LogP contribution in [-0.2, 0) is 65.4 Å². The van der Waals surface area contributed by atoms with E-state index >= 15 is 0 Å². The lowest BCUT2D eigenvalue weighted by atomic mass is 10.0. The summed E-state index contributed by atoms with van der Waals surface area (Å²) >= 11 is 0. The van der Waals surface area contributed by atoms with E-state index in [0.29, 0.717) is 25.7 Å². The average molecular weight is 1170 g/mol. The summed E-state index contributed by atoms with van der Waals surface area (Å²) < 4.78 is 67.6. The van der Waals surface area contributed by atoms with Crippen LogP contribution in [0.1, 0.15) is 292 Å². The van der Waals surface area contributed by atoms with Crippen LogP contribution in [0.15, 0.2) is 0 Å². The summed E-state index contributed by atoms with van der Waals surface area (Å²) in [5.41, 5.74) is 0. The van der Waals surface area contributed by atoms with E-state index in [9.17, 15) is 43.2 Å². The van der Waals surface area contributed by atoms with Crippen molar-refractivity contribution in [3.8, 4) is 0 Å². The van der Waals surface area contributed by atoms with Crippen molar-refractivity contribution in [2.24, 2.45) is 11.8 Å². The molecule has 0 rings (SSSR count). The number of aliphatic hydroxyl groups is 1.